The number of fused-ring (bicyclic) bond motifs is 3. The van der Waals surface area contributed by atoms with Crippen LogP contribution in [0.5, 0.6) is 17.2 Å². The predicted molar refractivity (Wildman–Crippen MR) is 186 cm³/mol. The van der Waals surface area contributed by atoms with E-state index in [9.17, 15) is 29.7 Å². The number of likely N-dealkylation sites (N-methyl/N-ethyl adjacent to an activating group) is 2. The molecule has 246 valence electrons. The zero-order valence-electron chi connectivity index (χ0n) is 26.9. The van der Waals surface area contributed by atoms with Gasteiger partial charge < -0.3 is 29.9 Å². The minimum absolute atomic E-state index is 0.0215. The molecular weight excluding hydrogens is 641 g/mol. The SMILES string of the molecule is C=c1c(C)c(O)/c(=C/C(C)(C)C(=O)N(C)CCN(C)C(=O)Oc2ccc3c(ccc4nc(C5=NC(C(=O)O)CS5)sc43)c2)c(C)c1O. The van der Waals surface area contributed by atoms with Gasteiger partial charge in [0.05, 0.1) is 15.6 Å². The molecule has 1 unspecified atom stereocenters. The van der Waals surface area contributed by atoms with Gasteiger partial charge in [-0.25, -0.2) is 14.6 Å². The van der Waals surface area contributed by atoms with Crippen LogP contribution in [0.2, 0.25) is 0 Å². The number of phenols is 2. The van der Waals surface area contributed by atoms with E-state index >= 15 is 0 Å². The summed E-state index contributed by atoms with van der Waals surface area (Å²) < 4.78 is 6.57. The number of phenolic OH excluding ortho intramolecular Hbond substituents is 2. The highest BCUT2D eigenvalue weighted by molar-refractivity contribution is 8.15. The summed E-state index contributed by atoms with van der Waals surface area (Å²) in [6, 6.07) is 8.35. The number of ether oxygens (including phenoxy) is 1. The summed E-state index contributed by atoms with van der Waals surface area (Å²) in [5.41, 5.74) is 0.629. The lowest BCUT2D eigenvalue weighted by molar-refractivity contribution is -0.138. The van der Waals surface area contributed by atoms with Crippen LogP contribution in [0.4, 0.5) is 4.79 Å². The number of thioether (sulfide) groups is 1. The molecule has 0 bridgehead atoms. The van der Waals surface area contributed by atoms with Gasteiger partial charge in [-0.3, -0.25) is 9.79 Å². The lowest BCUT2D eigenvalue weighted by atomic mass is 9.88. The van der Waals surface area contributed by atoms with Crippen molar-refractivity contribution in [2.24, 2.45) is 10.4 Å². The number of rotatable bonds is 8. The molecule has 4 aromatic rings. The first-order chi connectivity index (χ1) is 22.1. The fourth-order valence-electron chi connectivity index (χ4n) is 5.28. The third-order valence-corrected chi connectivity index (χ3v) is 10.6. The first-order valence-electron chi connectivity index (χ1n) is 14.8. The monoisotopic (exact) mass is 676 g/mol. The fourth-order valence-corrected chi connectivity index (χ4v) is 7.48. The van der Waals surface area contributed by atoms with Crippen LogP contribution >= 0.6 is 23.1 Å². The van der Waals surface area contributed by atoms with Crippen LogP contribution < -0.4 is 15.2 Å². The maximum atomic E-state index is 13.4. The molecule has 2 heterocycles. The number of hydrogen-bond donors (Lipinski definition) is 3. The lowest BCUT2D eigenvalue weighted by Gasteiger charge is -2.28. The van der Waals surface area contributed by atoms with Gasteiger partial charge in [0, 0.05) is 59.9 Å². The second-order valence-corrected chi connectivity index (χ2v) is 14.1. The Labute approximate surface area is 279 Å². The highest BCUT2D eigenvalue weighted by atomic mass is 32.2. The van der Waals surface area contributed by atoms with Gasteiger partial charge in [-0.15, -0.1) is 23.1 Å². The smallest absolute Gasteiger partial charge is 0.415 e. The molecular formula is C34H36N4O7S2. The number of aromatic hydroxyl groups is 2. The average molecular weight is 677 g/mol. The van der Waals surface area contributed by atoms with Crippen molar-refractivity contribution in [2.75, 3.05) is 32.9 Å². The maximum absolute atomic E-state index is 13.4. The van der Waals surface area contributed by atoms with E-state index in [1.807, 2.05) is 18.2 Å². The second kappa shape index (κ2) is 12.9. The van der Waals surface area contributed by atoms with Crippen molar-refractivity contribution >= 4 is 79.8 Å². The number of aliphatic imine (C=N–C) groups is 1. The van der Waals surface area contributed by atoms with Crippen molar-refractivity contribution in [1.82, 2.24) is 14.8 Å². The summed E-state index contributed by atoms with van der Waals surface area (Å²) in [6.07, 6.45) is 1.05. The predicted octanol–water partition coefficient (Wildman–Crippen LogP) is 4.23. The molecule has 2 amide bonds. The minimum atomic E-state index is -1.03. The highest BCUT2D eigenvalue weighted by Crippen LogP contribution is 2.35. The zero-order chi connectivity index (χ0) is 34.4. The molecule has 0 saturated carbocycles. The molecule has 0 fully saturated rings. The summed E-state index contributed by atoms with van der Waals surface area (Å²) in [7, 11) is 3.23. The minimum Gasteiger partial charge on any atom is -0.507 e. The normalized spacial score (nSPS) is 15.2. The number of carboxylic acid groups (broad SMARTS) is 1. The molecule has 0 spiro atoms. The van der Waals surface area contributed by atoms with Crippen LogP contribution in [0, 0.1) is 19.3 Å². The summed E-state index contributed by atoms with van der Waals surface area (Å²) >= 11 is 2.83. The van der Waals surface area contributed by atoms with Crippen LogP contribution in [0.15, 0.2) is 35.3 Å². The Morgan fingerprint density at radius 2 is 1.77 bits per heavy atom. The topological polar surface area (TPSA) is 153 Å². The van der Waals surface area contributed by atoms with Gasteiger partial charge in [-0.2, -0.15) is 0 Å². The van der Waals surface area contributed by atoms with E-state index in [2.05, 4.69) is 16.6 Å². The van der Waals surface area contributed by atoms with E-state index < -0.39 is 23.5 Å². The van der Waals surface area contributed by atoms with Crippen molar-refractivity contribution in [3.63, 3.8) is 0 Å². The van der Waals surface area contributed by atoms with Gasteiger partial charge in [0.2, 0.25) is 5.91 Å². The van der Waals surface area contributed by atoms with E-state index in [0.717, 1.165) is 21.0 Å². The third-order valence-electron chi connectivity index (χ3n) is 8.26. The lowest BCUT2D eigenvalue weighted by Crippen LogP contribution is -2.43. The molecule has 1 atom stereocenters. The van der Waals surface area contributed by atoms with Crippen molar-refractivity contribution < 1.29 is 34.4 Å². The summed E-state index contributed by atoms with van der Waals surface area (Å²) in [6.45, 7) is 11.0. The number of carbonyl (C=O) groups excluding carboxylic acids is 2. The molecule has 3 aromatic carbocycles. The number of aromatic nitrogens is 1. The van der Waals surface area contributed by atoms with Crippen LogP contribution in [-0.4, -0.2) is 92.1 Å². The highest BCUT2D eigenvalue weighted by Gasteiger charge is 2.30. The number of benzene rings is 3. The number of hydrogen-bond acceptors (Lipinski definition) is 10. The molecule has 11 nitrogen and oxygen atoms in total. The number of carboxylic acids is 1. The van der Waals surface area contributed by atoms with Crippen molar-refractivity contribution in [3.8, 4) is 17.2 Å². The molecule has 5 rings (SSSR count). The quantitative estimate of drug-likeness (QED) is 0.233. The van der Waals surface area contributed by atoms with Gasteiger partial charge in [0.1, 0.15) is 27.3 Å². The van der Waals surface area contributed by atoms with Gasteiger partial charge in [-0.1, -0.05) is 18.7 Å². The molecule has 3 N–H and O–H groups in total. The van der Waals surface area contributed by atoms with Gasteiger partial charge in [0.25, 0.3) is 0 Å². The van der Waals surface area contributed by atoms with E-state index in [1.165, 1.54) is 32.9 Å². The molecule has 0 aliphatic carbocycles. The average Bonchev–Trinajstić information content (AvgIpc) is 3.71. The van der Waals surface area contributed by atoms with Crippen LogP contribution in [0.3, 0.4) is 0 Å². The Bertz CT molecular complexity index is 2050. The largest absolute Gasteiger partial charge is 0.507 e. The standard InChI is InChI=1S/C34H36N4O7S2/c1-17-18(2)27(40)23(19(3)26(17)39)15-34(4,5)32(43)37(6)12-13-38(7)33(44)45-21-9-10-22-20(14-21)8-11-24-28(22)47-30(35-24)29-36-25(16-46-29)31(41)42/h8-11,14-15,25,39-40H,1,12-13,16H2,2-7H3,(H,41,42)/b23-15+. The zero-order valence-corrected chi connectivity index (χ0v) is 28.6. The number of thiazole rings is 1. The Morgan fingerprint density at radius 1 is 1.06 bits per heavy atom. The second-order valence-electron chi connectivity index (χ2n) is 12.1. The van der Waals surface area contributed by atoms with Crippen LogP contribution in [0.1, 0.15) is 30.0 Å². The van der Waals surface area contributed by atoms with E-state index in [-0.39, 0.29) is 30.5 Å². The van der Waals surface area contributed by atoms with E-state index in [4.69, 9.17) is 4.74 Å². The molecule has 47 heavy (non-hydrogen) atoms. The van der Waals surface area contributed by atoms with Crippen LogP contribution in [-0.2, 0) is 9.59 Å². The summed E-state index contributed by atoms with van der Waals surface area (Å²) in [4.78, 5) is 49.5. The Balaban J connectivity index is 1.24. The van der Waals surface area contributed by atoms with Crippen molar-refractivity contribution in [3.05, 3.63) is 56.9 Å². The first-order valence-corrected chi connectivity index (χ1v) is 16.6. The maximum Gasteiger partial charge on any atom is 0.415 e. The fraction of sp³-hybridized carbons (Fsp3) is 0.324. The Kier molecular flexibility index (Phi) is 9.24. The van der Waals surface area contributed by atoms with Crippen molar-refractivity contribution in [1.29, 1.82) is 0 Å². The molecule has 1 aliphatic heterocycles. The van der Waals surface area contributed by atoms with Gasteiger partial charge in [0.15, 0.2) is 6.04 Å². The molecule has 1 aromatic heterocycles. The number of carbonyl (C=O) groups is 3. The third kappa shape index (κ3) is 6.63. The molecule has 0 radical (unpaired) electrons. The molecule has 1 aliphatic rings. The van der Waals surface area contributed by atoms with Crippen molar-refractivity contribution in [2.45, 2.75) is 33.7 Å². The van der Waals surface area contributed by atoms with Gasteiger partial charge in [-0.05, 0) is 57.3 Å². The first kappa shape index (κ1) is 33.7. The summed E-state index contributed by atoms with van der Waals surface area (Å²) in [5.74, 6) is -0.484. The summed E-state index contributed by atoms with van der Waals surface area (Å²) in [5, 5.41) is 34.2. The Morgan fingerprint density at radius 3 is 2.45 bits per heavy atom. The van der Waals surface area contributed by atoms with Gasteiger partial charge >= 0.3 is 12.1 Å². The number of nitrogens with zero attached hydrogens (tertiary/aromatic N) is 4. The van der Waals surface area contributed by atoms with E-state index in [0.29, 0.717) is 43.1 Å². The number of aliphatic carboxylic acids is 1. The van der Waals surface area contributed by atoms with E-state index in [1.54, 1.807) is 60.0 Å². The molecule has 13 heteroatoms. The molecule has 0 saturated heterocycles. The van der Waals surface area contributed by atoms with Crippen LogP contribution in [0.25, 0.3) is 33.6 Å². The number of amides is 2. The Hall–Kier alpha value is -4.62.